The number of hydrogen-bond donors (Lipinski definition) is 1. The van der Waals surface area contributed by atoms with Gasteiger partial charge in [0.25, 0.3) is 5.91 Å². The van der Waals surface area contributed by atoms with Crippen LogP contribution in [0.25, 0.3) is 0 Å². The van der Waals surface area contributed by atoms with Crippen molar-refractivity contribution in [2.24, 2.45) is 0 Å². The highest BCUT2D eigenvalue weighted by molar-refractivity contribution is 5.86. The SMILES string of the molecule is CCOC(C)c1noc(CN2CCCN(C(=O)C3(O)CCC3)CC2)n1. The molecule has 1 aliphatic heterocycles. The van der Waals surface area contributed by atoms with Crippen LogP contribution in [0.3, 0.4) is 0 Å². The summed E-state index contributed by atoms with van der Waals surface area (Å²) in [6.45, 7) is 7.92. The summed E-state index contributed by atoms with van der Waals surface area (Å²) in [5.74, 6) is 1.03. The van der Waals surface area contributed by atoms with Crippen molar-refractivity contribution >= 4 is 5.91 Å². The molecule has 1 unspecified atom stereocenters. The highest BCUT2D eigenvalue weighted by atomic mass is 16.5. The Hall–Kier alpha value is -1.51. The van der Waals surface area contributed by atoms with Crippen LogP contribution in [0.4, 0.5) is 0 Å². The lowest BCUT2D eigenvalue weighted by atomic mass is 9.79. The van der Waals surface area contributed by atoms with Gasteiger partial charge in [-0.25, -0.2) is 0 Å². The molecule has 2 aliphatic rings. The monoisotopic (exact) mass is 352 g/mol. The maximum absolute atomic E-state index is 12.5. The van der Waals surface area contributed by atoms with Crippen molar-refractivity contribution in [2.45, 2.75) is 57.8 Å². The number of aliphatic hydroxyl groups is 1. The molecule has 1 atom stereocenters. The Morgan fingerprint density at radius 1 is 1.32 bits per heavy atom. The van der Waals surface area contributed by atoms with E-state index in [2.05, 4.69) is 15.0 Å². The summed E-state index contributed by atoms with van der Waals surface area (Å²) in [6.07, 6.45) is 2.81. The summed E-state index contributed by atoms with van der Waals surface area (Å²) < 4.78 is 10.8. The number of nitrogens with zero attached hydrogens (tertiary/aromatic N) is 4. The molecule has 140 valence electrons. The Labute approximate surface area is 148 Å². The Morgan fingerprint density at radius 2 is 2.12 bits per heavy atom. The number of hydrogen-bond acceptors (Lipinski definition) is 7. The van der Waals surface area contributed by atoms with Crippen molar-refractivity contribution in [1.82, 2.24) is 19.9 Å². The molecule has 8 nitrogen and oxygen atoms in total. The number of rotatable bonds is 6. The standard InChI is InChI=1S/C17H28N4O4/c1-3-24-13(2)15-18-14(25-19-15)12-20-8-5-9-21(11-10-20)16(22)17(23)6-4-7-17/h13,23H,3-12H2,1-2H3. The van der Waals surface area contributed by atoms with E-state index in [1.165, 1.54) is 0 Å². The summed E-state index contributed by atoms with van der Waals surface area (Å²) in [6, 6.07) is 0. The summed E-state index contributed by atoms with van der Waals surface area (Å²) in [5, 5.41) is 14.3. The van der Waals surface area contributed by atoms with Gasteiger partial charge in [0.05, 0.1) is 6.54 Å². The number of carbonyl (C=O) groups excluding carboxylic acids is 1. The fraction of sp³-hybridized carbons (Fsp3) is 0.824. The van der Waals surface area contributed by atoms with Crippen LogP contribution >= 0.6 is 0 Å². The van der Waals surface area contributed by atoms with E-state index in [0.717, 1.165) is 25.9 Å². The number of carbonyl (C=O) groups is 1. The topological polar surface area (TPSA) is 91.9 Å². The first kappa shape index (κ1) is 18.3. The maximum Gasteiger partial charge on any atom is 0.254 e. The summed E-state index contributed by atoms with van der Waals surface area (Å²) in [5.41, 5.74) is -1.11. The minimum atomic E-state index is -1.11. The van der Waals surface area contributed by atoms with Crippen molar-refractivity contribution in [3.05, 3.63) is 11.7 Å². The van der Waals surface area contributed by atoms with Gasteiger partial charge in [0.15, 0.2) is 5.82 Å². The van der Waals surface area contributed by atoms with Crippen molar-refractivity contribution in [2.75, 3.05) is 32.8 Å². The largest absolute Gasteiger partial charge is 0.380 e. The van der Waals surface area contributed by atoms with Crippen LogP contribution in [-0.4, -0.2) is 69.3 Å². The van der Waals surface area contributed by atoms with Crippen LogP contribution in [0.5, 0.6) is 0 Å². The lowest BCUT2D eigenvalue weighted by Crippen LogP contribution is -2.54. The highest BCUT2D eigenvalue weighted by Crippen LogP contribution is 2.33. The van der Waals surface area contributed by atoms with E-state index in [1.54, 1.807) is 4.90 Å². The molecule has 2 heterocycles. The first-order chi connectivity index (χ1) is 12.0. The quantitative estimate of drug-likeness (QED) is 0.820. The number of aromatic nitrogens is 2. The molecule has 1 amide bonds. The molecule has 1 aromatic heterocycles. The maximum atomic E-state index is 12.5. The van der Waals surface area contributed by atoms with Gasteiger partial charge in [-0.2, -0.15) is 4.98 Å². The molecule has 3 rings (SSSR count). The summed E-state index contributed by atoms with van der Waals surface area (Å²) >= 11 is 0. The predicted molar refractivity (Wildman–Crippen MR) is 89.6 cm³/mol. The Bertz CT molecular complexity index is 587. The van der Waals surface area contributed by atoms with Gasteiger partial charge in [0.2, 0.25) is 5.89 Å². The van der Waals surface area contributed by atoms with Crippen molar-refractivity contribution in [3.8, 4) is 0 Å². The fourth-order valence-corrected chi connectivity index (χ4v) is 3.37. The Balaban J connectivity index is 1.52. The lowest BCUT2D eigenvalue weighted by molar-refractivity contribution is -0.160. The van der Waals surface area contributed by atoms with Crippen LogP contribution in [0.2, 0.25) is 0 Å². The highest BCUT2D eigenvalue weighted by Gasteiger charge is 2.44. The molecule has 1 aliphatic carbocycles. The van der Waals surface area contributed by atoms with E-state index in [0.29, 0.717) is 50.8 Å². The second-order valence-corrected chi connectivity index (χ2v) is 6.95. The third-order valence-corrected chi connectivity index (χ3v) is 5.08. The van der Waals surface area contributed by atoms with E-state index in [1.807, 2.05) is 13.8 Å². The summed E-state index contributed by atoms with van der Waals surface area (Å²) in [7, 11) is 0. The molecule has 25 heavy (non-hydrogen) atoms. The fourth-order valence-electron chi connectivity index (χ4n) is 3.37. The van der Waals surface area contributed by atoms with E-state index >= 15 is 0 Å². The number of amides is 1. The molecule has 1 saturated heterocycles. The molecular formula is C17H28N4O4. The molecule has 1 saturated carbocycles. The van der Waals surface area contributed by atoms with Gasteiger partial charge in [-0.1, -0.05) is 5.16 Å². The zero-order valence-corrected chi connectivity index (χ0v) is 15.1. The lowest BCUT2D eigenvalue weighted by Gasteiger charge is -2.38. The Kier molecular flexibility index (Phi) is 5.71. The molecule has 0 spiro atoms. The molecule has 1 aromatic rings. The van der Waals surface area contributed by atoms with Gasteiger partial charge >= 0.3 is 0 Å². The first-order valence-corrected chi connectivity index (χ1v) is 9.20. The van der Waals surface area contributed by atoms with Gasteiger partial charge in [-0.3, -0.25) is 9.69 Å². The van der Waals surface area contributed by atoms with E-state index in [-0.39, 0.29) is 12.0 Å². The van der Waals surface area contributed by atoms with Gasteiger partial charge in [0.1, 0.15) is 11.7 Å². The van der Waals surface area contributed by atoms with E-state index in [9.17, 15) is 9.90 Å². The molecule has 0 aromatic carbocycles. The predicted octanol–water partition coefficient (Wildman–Crippen LogP) is 1.12. The van der Waals surface area contributed by atoms with Crippen LogP contribution in [0, 0.1) is 0 Å². The van der Waals surface area contributed by atoms with Gasteiger partial charge < -0.3 is 19.3 Å². The molecule has 8 heteroatoms. The van der Waals surface area contributed by atoms with Gasteiger partial charge in [-0.15, -0.1) is 0 Å². The van der Waals surface area contributed by atoms with E-state index in [4.69, 9.17) is 9.26 Å². The van der Waals surface area contributed by atoms with Crippen molar-refractivity contribution < 1.29 is 19.2 Å². The Morgan fingerprint density at radius 3 is 2.80 bits per heavy atom. The van der Waals surface area contributed by atoms with Gasteiger partial charge in [0, 0.05) is 32.8 Å². The van der Waals surface area contributed by atoms with Gasteiger partial charge in [-0.05, 0) is 39.5 Å². The van der Waals surface area contributed by atoms with Crippen LogP contribution < -0.4 is 0 Å². The van der Waals surface area contributed by atoms with Crippen molar-refractivity contribution in [1.29, 1.82) is 0 Å². The second-order valence-electron chi connectivity index (χ2n) is 6.95. The third kappa shape index (κ3) is 4.19. The smallest absolute Gasteiger partial charge is 0.254 e. The van der Waals surface area contributed by atoms with E-state index < -0.39 is 5.60 Å². The van der Waals surface area contributed by atoms with Crippen LogP contribution in [-0.2, 0) is 16.1 Å². The van der Waals surface area contributed by atoms with Crippen molar-refractivity contribution in [3.63, 3.8) is 0 Å². The average Bonchev–Trinajstić information content (AvgIpc) is 2.91. The second kappa shape index (κ2) is 7.80. The molecule has 2 fully saturated rings. The zero-order chi connectivity index (χ0) is 17.9. The minimum absolute atomic E-state index is 0.105. The normalized spacial score (nSPS) is 22.3. The zero-order valence-electron chi connectivity index (χ0n) is 15.1. The average molecular weight is 352 g/mol. The first-order valence-electron chi connectivity index (χ1n) is 9.20. The van der Waals surface area contributed by atoms with Crippen LogP contribution in [0.15, 0.2) is 4.52 Å². The molecule has 0 bridgehead atoms. The molecular weight excluding hydrogens is 324 g/mol. The molecule has 0 radical (unpaired) electrons. The van der Waals surface area contributed by atoms with Crippen LogP contribution in [0.1, 0.15) is 57.3 Å². The minimum Gasteiger partial charge on any atom is -0.380 e. The molecule has 1 N–H and O–H groups in total. The number of ether oxygens (including phenoxy) is 1. The summed E-state index contributed by atoms with van der Waals surface area (Å²) in [4.78, 5) is 20.9. The third-order valence-electron chi connectivity index (χ3n) is 5.08.